The van der Waals surface area contributed by atoms with Crippen LogP contribution in [0.4, 0.5) is 0 Å². The number of nitrogens with zero attached hydrogens (tertiary/aromatic N) is 1. The van der Waals surface area contributed by atoms with Crippen molar-refractivity contribution >= 4 is 21.4 Å². The molecule has 0 bridgehead atoms. The fourth-order valence-electron chi connectivity index (χ4n) is 3.90. The van der Waals surface area contributed by atoms with Gasteiger partial charge in [0.15, 0.2) is 0 Å². The van der Waals surface area contributed by atoms with Crippen LogP contribution in [0.15, 0.2) is 66.7 Å². The van der Waals surface area contributed by atoms with Gasteiger partial charge in [0, 0.05) is 16.1 Å². The van der Waals surface area contributed by atoms with Crippen molar-refractivity contribution in [2.24, 2.45) is 0 Å². The number of thiophene rings is 1. The van der Waals surface area contributed by atoms with E-state index in [0.29, 0.717) is 6.61 Å². The molecule has 0 fully saturated rings. The van der Waals surface area contributed by atoms with Gasteiger partial charge in [0.05, 0.1) is 0 Å². The fraction of sp³-hybridized carbons (Fsp3) is 0.259. The third kappa shape index (κ3) is 5.06. The molecule has 1 heterocycles. The molecule has 2 N–H and O–H groups in total. The summed E-state index contributed by atoms with van der Waals surface area (Å²) in [6.45, 7) is 8.02. The predicted molar refractivity (Wildman–Crippen MR) is 133 cm³/mol. The molecule has 3 aromatic carbocycles. The van der Waals surface area contributed by atoms with Gasteiger partial charge in [0.1, 0.15) is 23.9 Å². The van der Waals surface area contributed by atoms with Crippen LogP contribution in [0, 0.1) is 0 Å². The lowest BCUT2D eigenvalue weighted by atomic mass is 9.99. The lowest BCUT2D eigenvalue weighted by molar-refractivity contribution is 0.223. The number of likely N-dealkylation sites (N-methyl/N-ethyl adjacent to an activating group) is 1. The Morgan fingerprint density at radius 2 is 1.53 bits per heavy atom. The number of aromatic hydroxyl groups is 2. The standard InChI is InChI=1S/C27H29NO3S/c1-3-28(4-2)15-16-31-23-12-5-19(6-13-23)17-25-24-14-11-22(30)18-26(24)32-27(25)20-7-9-21(29)10-8-20/h5-14,18,29-30H,3-4,15-17H2,1-2H3. The minimum Gasteiger partial charge on any atom is -0.508 e. The average molecular weight is 448 g/mol. The first-order valence-corrected chi connectivity index (χ1v) is 11.9. The zero-order valence-corrected chi connectivity index (χ0v) is 19.4. The van der Waals surface area contributed by atoms with Crippen LogP contribution >= 0.6 is 11.3 Å². The Labute approximate surface area is 193 Å². The molecular weight excluding hydrogens is 418 g/mol. The van der Waals surface area contributed by atoms with Crippen LogP contribution in [0.3, 0.4) is 0 Å². The molecule has 0 saturated carbocycles. The minimum absolute atomic E-state index is 0.255. The van der Waals surface area contributed by atoms with Crippen LogP contribution in [0.5, 0.6) is 17.2 Å². The minimum atomic E-state index is 0.255. The molecule has 0 aliphatic carbocycles. The maximum Gasteiger partial charge on any atom is 0.119 e. The van der Waals surface area contributed by atoms with E-state index in [-0.39, 0.29) is 11.5 Å². The molecule has 0 spiro atoms. The third-order valence-electron chi connectivity index (χ3n) is 5.78. The van der Waals surface area contributed by atoms with Gasteiger partial charge in [-0.2, -0.15) is 0 Å². The zero-order valence-electron chi connectivity index (χ0n) is 18.5. The van der Waals surface area contributed by atoms with Gasteiger partial charge in [-0.1, -0.05) is 26.0 Å². The summed E-state index contributed by atoms with van der Waals surface area (Å²) >= 11 is 1.67. The lowest BCUT2D eigenvalue weighted by Gasteiger charge is -2.18. The Hall–Kier alpha value is -3.02. The van der Waals surface area contributed by atoms with Crippen molar-refractivity contribution < 1.29 is 14.9 Å². The molecule has 1 aromatic heterocycles. The number of fused-ring (bicyclic) bond motifs is 1. The van der Waals surface area contributed by atoms with Gasteiger partial charge in [-0.15, -0.1) is 11.3 Å². The number of phenols is 2. The molecule has 32 heavy (non-hydrogen) atoms. The van der Waals surface area contributed by atoms with E-state index in [0.717, 1.165) is 52.3 Å². The molecule has 0 unspecified atom stereocenters. The largest absolute Gasteiger partial charge is 0.508 e. The van der Waals surface area contributed by atoms with Crippen molar-refractivity contribution in [3.05, 3.63) is 77.9 Å². The topological polar surface area (TPSA) is 52.9 Å². The van der Waals surface area contributed by atoms with Crippen LogP contribution in [-0.4, -0.2) is 41.4 Å². The van der Waals surface area contributed by atoms with Gasteiger partial charge in [0.25, 0.3) is 0 Å². The van der Waals surface area contributed by atoms with Crippen molar-refractivity contribution in [1.82, 2.24) is 4.90 Å². The second kappa shape index (κ2) is 10.1. The Balaban J connectivity index is 1.57. The maximum atomic E-state index is 9.95. The molecule has 5 heteroatoms. The van der Waals surface area contributed by atoms with E-state index < -0.39 is 0 Å². The molecule has 4 rings (SSSR count). The highest BCUT2D eigenvalue weighted by Crippen LogP contribution is 2.41. The van der Waals surface area contributed by atoms with E-state index in [1.807, 2.05) is 36.4 Å². The van der Waals surface area contributed by atoms with Gasteiger partial charge < -0.3 is 19.8 Å². The first kappa shape index (κ1) is 22.2. The predicted octanol–water partition coefficient (Wildman–Crippen LogP) is 6.29. The fourth-order valence-corrected chi connectivity index (χ4v) is 5.16. The first-order chi connectivity index (χ1) is 15.6. The second-order valence-electron chi connectivity index (χ2n) is 7.83. The molecule has 166 valence electrons. The summed E-state index contributed by atoms with van der Waals surface area (Å²) in [5.41, 5.74) is 3.50. The number of hydrogen-bond acceptors (Lipinski definition) is 5. The van der Waals surface area contributed by atoms with Gasteiger partial charge in [-0.3, -0.25) is 0 Å². The van der Waals surface area contributed by atoms with Crippen LogP contribution < -0.4 is 4.74 Å². The highest BCUT2D eigenvalue weighted by molar-refractivity contribution is 7.22. The highest BCUT2D eigenvalue weighted by atomic mass is 32.1. The quantitative estimate of drug-likeness (QED) is 0.317. The first-order valence-electron chi connectivity index (χ1n) is 11.0. The van der Waals surface area contributed by atoms with E-state index >= 15 is 0 Å². The number of ether oxygens (including phenoxy) is 1. The zero-order chi connectivity index (χ0) is 22.5. The molecule has 4 aromatic rings. The molecule has 0 amide bonds. The lowest BCUT2D eigenvalue weighted by Crippen LogP contribution is -2.27. The summed E-state index contributed by atoms with van der Waals surface area (Å²) in [5.74, 6) is 1.42. The van der Waals surface area contributed by atoms with Crippen molar-refractivity contribution in [1.29, 1.82) is 0 Å². The van der Waals surface area contributed by atoms with E-state index in [4.69, 9.17) is 4.74 Å². The van der Waals surface area contributed by atoms with Gasteiger partial charge in [-0.05, 0) is 96.2 Å². The van der Waals surface area contributed by atoms with E-state index in [9.17, 15) is 10.2 Å². The van der Waals surface area contributed by atoms with Crippen molar-refractivity contribution in [2.75, 3.05) is 26.2 Å². The Morgan fingerprint density at radius 1 is 0.844 bits per heavy atom. The number of phenolic OH excluding ortho intramolecular Hbond substituents is 2. The molecule has 4 nitrogen and oxygen atoms in total. The van der Waals surface area contributed by atoms with E-state index in [2.05, 4.69) is 30.9 Å². The summed E-state index contributed by atoms with van der Waals surface area (Å²) in [6.07, 6.45) is 0.778. The Morgan fingerprint density at radius 3 is 2.22 bits per heavy atom. The van der Waals surface area contributed by atoms with Gasteiger partial charge >= 0.3 is 0 Å². The molecule has 0 radical (unpaired) electrons. The van der Waals surface area contributed by atoms with Crippen molar-refractivity contribution in [3.63, 3.8) is 0 Å². The summed E-state index contributed by atoms with van der Waals surface area (Å²) in [5, 5.41) is 20.8. The Bertz CT molecular complexity index is 1160. The SMILES string of the molecule is CCN(CC)CCOc1ccc(Cc2c(-c3ccc(O)cc3)sc3cc(O)ccc23)cc1. The summed E-state index contributed by atoms with van der Waals surface area (Å²) < 4.78 is 6.98. The smallest absolute Gasteiger partial charge is 0.119 e. The molecule has 0 saturated heterocycles. The normalized spacial score (nSPS) is 11.3. The second-order valence-corrected chi connectivity index (χ2v) is 8.89. The number of rotatable bonds is 9. The summed E-state index contributed by atoms with van der Waals surface area (Å²) in [6, 6.07) is 21.2. The summed E-state index contributed by atoms with van der Waals surface area (Å²) in [7, 11) is 0. The van der Waals surface area contributed by atoms with Gasteiger partial charge in [0.2, 0.25) is 0 Å². The van der Waals surface area contributed by atoms with Crippen molar-refractivity contribution in [2.45, 2.75) is 20.3 Å². The summed E-state index contributed by atoms with van der Waals surface area (Å²) in [4.78, 5) is 3.50. The van der Waals surface area contributed by atoms with Crippen LogP contribution in [0.25, 0.3) is 20.5 Å². The molecule has 0 atom stereocenters. The van der Waals surface area contributed by atoms with E-state index in [1.54, 1.807) is 29.5 Å². The highest BCUT2D eigenvalue weighted by Gasteiger charge is 2.15. The maximum absolute atomic E-state index is 9.95. The molecule has 0 aliphatic heterocycles. The monoisotopic (exact) mass is 447 g/mol. The number of benzene rings is 3. The van der Waals surface area contributed by atoms with Crippen molar-refractivity contribution in [3.8, 4) is 27.7 Å². The van der Waals surface area contributed by atoms with Crippen LogP contribution in [-0.2, 0) is 6.42 Å². The van der Waals surface area contributed by atoms with E-state index in [1.165, 1.54) is 11.1 Å². The average Bonchev–Trinajstić information content (AvgIpc) is 3.15. The third-order valence-corrected chi connectivity index (χ3v) is 7.02. The van der Waals surface area contributed by atoms with Crippen LogP contribution in [0.1, 0.15) is 25.0 Å². The molecular formula is C27H29NO3S. The van der Waals surface area contributed by atoms with Crippen LogP contribution in [0.2, 0.25) is 0 Å². The Kier molecular flexibility index (Phi) is 6.98. The van der Waals surface area contributed by atoms with Gasteiger partial charge in [-0.25, -0.2) is 0 Å². The number of hydrogen-bond donors (Lipinski definition) is 2. The molecule has 0 aliphatic rings.